The SMILES string of the molecule is COc1cc(C(=O)N/N=C\c2ccccc2Oc2ccc(Br)cc2F)cc(OC)c1OC. The molecule has 3 aromatic rings. The molecular formula is C23H20BrFN2O5. The van der Waals surface area contributed by atoms with Gasteiger partial charge in [-0.2, -0.15) is 5.10 Å². The van der Waals surface area contributed by atoms with Crippen molar-refractivity contribution in [1.82, 2.24) is 5.43 Å². The van der Waals surface area contributed by atoms with Gasteiger partial charge in [-0.25, -0.2) is 9.82 Å². The lowest BCUT2D eigenvalue weighted by Crippen LogP contribution is -2.18. The number of hydrogen-bond donors (Lipinski definition) is 1. The summed E-state index contributed by atoms with van der Waals surface area (Å²) >= 11 is 3.21. The summed E-state index contributed by atoms with van der Waals surface area (Å²) in [7, 11) is 4.40. The Hall–Kier alpha value is -3.59. The van der Waals surface area contributed by atoms with Crippen molar-refractivity contribution in [3.63, 3.8) is 0 Å². The lowest BCUT2D eigenvalue weighted by atomic mass is 10.1. The highest BCUT2D eigenvalue weighted by Crippen LogP contribution is 2.38. The van der Waals surface area contributed by atoms with Crippen LogP contribution in [0.2, 0.25) is 0 Å². The standard InChI is InChI=1S/C23H20BrFN2O5/c1-29-20-10-15(11-21(30-2)22(20)31-3)23(28)27-26-13-14-6-4-5-7-18(14)32-19-9-8-16(24)12-17(19)25/h4-13H,1-3H3,(H,27,28)/b26-13-. The number of methoxy groups -OCH3 is 3. The van der Waals surface area contributed by atoms with Gasteiger partial charge in [0.25, 0.3) is 5.91 Å². The summed E-state index contributed by atoms with van der Waals surface area (Å²) < 4.78 is 36.2. The third-order valence-electron chi connectivity index (χ3n) is 4.33. The van der Waals surface area contributed by atoms with Crippen molar-refractivity contribution in [2.75, 3.05) is 21.3 Å². The average molecular weight is 503 g/mol. The second-order valence-corrected chi connectivity index (χ2v) is 7.24. The van der Waals surface area contributed by atoms with E-state index in [-0.39, 0.29) is 11.3 Å². The van der Waals surface area contributed by atoms with E-state index < -0.39 is 11.7 Å². The zero-order valence-corrected chi connectivity index (χ0v) is 19.1. The van der Waals surface area contributed by atoms with Gasteiger partial charge in [-0.3, -0.25) is 4.79 Å². The minimum atomic E-state index is -0.512. The number of rotatable bonds is 8. The van der Waals surface area contributed by atoms with Crippen LogP contribution in [0.25, 0.3) is 0 Å². The molecule has 1 amide bonds. The van der Waals surface area contributed by atoms with E-state index in [2.05, 4.69) is 26.5 Å². The molecule has 7 nitrogen and oxygen atoms in total. The van der Waals surface area contributed by atoms with Crippen LogP contribution in [0.5, 0.6) is 28.7 Å². The predicted molar refractivity (Wildman–Crippen MR) is 122 cm³/mol. The van der Waals surface area contributed by atoms with Crippen LogP contribution in [0.4, 0.5) is 4.39 Å². The molecule has 0 unspecified atom stereocenters. The molecule has 3 rings (SSSR count). The monoisotopic (exact) mass is 502 g/mol. The molecule has 0 bridgehead atoms. The fraction of sp³-hybridized carbons (Fsp3) is 0.130. The van der Waals surface area contributed by atoms with Crippen LogP contribution in [-0.2, 0) is 0 Å². The fourth-order valence-electron chi connectivity index (χ4n) is 2.79. The molecule has 0 heterocycles. The van der Waals surface area contributed by atoms with Gasteiger partial charge < -0.3 is 18.9 Å². The van der Waals surface area contributed by atoms with Gasteiger partial charge in [-0.15, -0.1) is 0 Å². The van der Waals surface area contributed by atoms with E-state index in [4.69, 9.17) is 18.9 Å². The van der Waals surface area contributed by atoms with Gasteiger partial charge in [0.15, 0.2) is 23.1 Å². The van der Waals surface area contributed by atoms with Crippen LogP contribution in [0.1, 0.15) is 15.9 Å². The van der Waals surface area contributed by atoms with E-state index >= 15 is 0 Å². The number of halogens is 2. The van der Waals surface area contributed by atoms with Crippen LogP contribution < -0.4 is 24.4 Å². The molecule has 0 aromatic heterocycles. The molecule has 1 N–H and O–H groups in total. The summed E-state index contributed by atoms with van der Waals surface area (Å²) in [5.74, 6) is 0.503. The van der Waals surface area contributed by atoms with Gasteiger partial charge in [0.1, 0.15) is 5.75 Å². The molecule has 0 radical (unpaired) electrons. The van der Waals surface area contributed by atoms with Gasteiger partial charge in [-0.05, 0) is 42.5 Å². The maximum atomic E-state index is 14.1. The highest BCUT2D eigenvalue weighted by Gasteiger charge is 2.17. The van der Waals surface area contributed by atoms with E-state index in [1.165, 1.54) is 51.8 Å². The van der Waals surface area contributed by atoms with Gasteiger partial charge in [0, 0.05) is 15.6 Å². The molecule has 3 aromatic carbocycles. The van der Waals surface area contributed by atoms with Crippen LogP contribution in [0, 0.1) is 5.82 Å². The Bertz CT molecular complexity index is 1130. The summed E-state index contributed by atoms with van der Waals surface area (Å²) in [6.45, 7) is 0. The number of nitrogens with one attached hydrogen (secondary N) is 1. The van der Waals surface area contributed by atoms with Crippen molar-refractivity contribution in [3.05, 3.63) is 76.0 Å². The first-order valence-electron chi connectivity index (χ1n) is 9.32. The van der Waals surface area contributed by atoms with Gasteiger partial charge >= 0.3 is 0 Å². The van der Waals surface area contributed by atoms with Gasteiger partial charge in [0.2, 0.25) is 5.75 Å². The second kappa shape index (κ2) is 10.6. The molecule has 0 saturated heterocycles. The smallest absolute Gasteiger partial charge is 0.271 e. The Balaban J connectivity index is 1.77. The van der Waals surface area contributed by atoms with Crippen LogP contribution >= 0.6 is 15.9 Å². The number of ether oxygens (including phenoxy) is 4. The molecule has 32 heavy (non-hydrogen) atoms. The van der Waals surface area contributed by atoms with Crippen LogP contribution in [0.15, 0.2) is 64.2 Å². The molecule has 0 spiro atoms. The topological polar surface area (TPSA) is 78.4 Å². The predicted octanol–water partition coefficient (Wildman–Crippen LogP) is 5.17. The molecule has 0 fully saturated rings. The number of carbonyl (C=O) groups excluding carboxylic acids is 1. The Labute approximate surface area is 192 Å². The maximum Gasteiger partial charge on any atom is 0.271 e. The summed E-state index contributed by atoms with van der Waals surface area (Å²) in [4.78, 5) is 12.6. The minimum Gasteiger partial charge on any atom is -0.493 e. The van der Waals surface area contributed by atoms with E-state index in [0.29, 0.717) is 33.0 Å². The Morgan fingerprint density at radius 1 is 0.938 bits per heavy atom. The Kier molecular flexibility index (Phi) is 7.67. The third kappa shape index (κ3) is 5.36. The zero-order chi connectivity index (χ0) is 23.1. The molecule has 9 heteroatoms. The molecule has 0 saturated carbocycles. The van der Waals surface area contributed by atoms with Crippen LogP contribution in [0.3, 0.4) is 0 Å². The zero-order valence-electron chi connectivity index (χ0n) is 17.5. The molecular weight excluding hydrogens is 483 g/mol. The number of amides is 1. The van der Waals surface area contributed by atoms with E-state index in [1.54, 1.807) is 30.3 Å². The third-order valence-corrected chi connectivity index (χ3v) is 4.82. The summed E-state index contributed by atoms with van der Waals surface area (Å²) in [6, 6.07) is 14.4. The molecule has 0 atom stereocenters. The van der Waals surface area contributed by atoms with E-state index in [0.717, 1.165) is 0 Å². The van der Waals surface area contributed by atoms with Crippen molar-refractivity contribution in [1.29, 1.82) is 0 Å². The van der Waals surface area contributed by atoms with Crippen molar-refractivity contribution in [3.8, 4) is 28.7 Å². The van der Waals surface area contributed by atoms with Crippen molar-refractivity contribution < 1.29 is 28.1 Å². The summed E-state index contributed by atoms with van der Waals surface area (Å²) in [5, 5.41) is 3.99. The maximum absolute atomic E-state index is 14.1. The Morgan fingerprint density at radius 3 is 2.25 bits per heavy atom. The number of carbonyl (C=O) groups is 1. The number of hydrogen-bond acceptors (Lipinski definition) is 6. The molecule has 166 valence electrons. The number of benzene rings is 3. The Morgan fingerprint density at radius 2 is 1.62 bits per heavy atom. The molecule has 0 aliphatic heterocycles. The van der Waals surface area contributed by atoms with Crippen molar-refractivity contribution >= 4 is 28.1 Å². The summed E-state index contributed by atoms with van der Waals surface area (Å²) in [5.41, 5.74) is 3.24. The van der Waals surface area contributed by atoms with Crippen molar-refractivity contribution in [2.45, 2.75) is 0 Å². The quantitative estimate of drug-likeness (QED) is 0.339. The van der Waals surface area contributed by atoms with E-state index in [9.17, 15) is 9.18 Å². The van der Waals surface area contributed by atoms with E-state index in [1.807, 2.05) is 0 Å². The first kappa shape index (κ1) is 23.1. The first-order chi connectivity index (χ1) is 15.5. The minimum absolute atomic E-state index is 0.0653. The van der Waals surface area contributed by atoms with Crippen molar-refractivity contribution in [2.24, 2.45) is 5.10 Å². The fourth-order valence-corrected chi connectivity index (χ4v) is 3.13. The summed E-state index contributed by atoms with van der Waals surface area (Å²) in [6.07, 6.45) is 1.40. The first-order valence-corrected chi connectivity index (χ1v) is 10.1. The highest BCUT2D eigenvalue weighted by molar-refractivity contribution is 9.10. The lowest BCUT2D eigenvalue weighted by Gasteiger charge is -2.13. The normalized spacial score (nSPS) is 10.7. The number of nitrogens with zero attached hydrogens (tertiary/aromatic N) is 1. The lowest BCUT2D eigenvalue weighted by molar-refractivity contribution is 0.0954. The van der Waals surface area contributed by atoms with Crippen LogP contribution in [-0.4, -0.2) is 33.5 Å². The number of hydrazone groups is 1. The molecule has 0 aliphatic rings. The number of para-hydroxylation sites is 1. The average Bonchev–Trinajstić information content (AvgIpc) is 2.80. The second-order valence-electron chi connectivity index (χ2n) is 6.33. The highest BCUT2D eigenvalue weighted by atomic mass is 79.9. The van der Waals surface area contributed by atoms with Gasteiger partial charge in [-0.1, -0.05) is 28.1 Å². The molecule has 0 aliphatic carbocycles. The van der Waals surface area contributed by atoms with Gasteiger partial charge in [0.05, 0.1) is 27.5 Å². The largest absolute Gasteiger partial charge is 0.493 e.